The van der Waals surface area contributed by atoms with Gasteiger partial charge >= 0.3 is 6.18 Å². The lowest BCUT2D eigenvalue weighted by molar-refractivity contribution is -0.137. The molecule has 0 saturated carbocycles. The van der Waals surface area contributed by atoms with Crippen LogP contribution in [0.25, 0.3) is 11.6 Å². The number of halogens is 5. The second kappa shape index (κ2) is 11.5. The summed E-state index contributed by atoms with van der Waals surface area (Å²) in [7, 11) is -4.48. The molecule has 1 heterocycles. The number of fused-ring (bicyclic) bond motifs is 1. The molecule has 0 aromatic heterocycles. The van der Waals surface area contributed by atoms with Crippen molar-refractivity contribution in [2.45, 2.75) is 37.4 Å². The van der Waals surface area contributed by atoms with E-state index in [0.29, 0.717) is 17.2 Å². The molecule has 1 unspecified atom stereocenters. The van der Waals surface area contributed by atoms with Crippen molar-refractivity contribution in [2.75, 3.05) is 17.4 Å². The minimum Gasteiger partial charge on any atom is -0.486 e. The van der Waals surface area contributed by atoms with Crippen LogP contribution in [-0.4, -0.2) is 33.5 Å². The van der Waals surface area contributed by atoms with E-state index in [1.807, 2.05) is 0 Å². The van der Waals surface area contributed by atoms with Crippen molar-refractivity contribution in [1.29, 1.82) is 0 Å². The van der Waals surface area contributed by atoms with Gasteiger partial charge in [-0.3, -0.25) is 9.10 Å². The van der Waals surface area contributed by atoms with Crippen LogP contribution < -0.4 is 14.4 Å². The average Bonchev–Trinajstić information content (AvgIpc) is 2.87. The minimum absolute atomic E-state index is 0.106. The summed E-state index contributed by atoms with van der Waals surface area (Å²) in [6.45, 7) is 2.98. The predicted octanol–water partition coefficient (Wildman–Crippen LogP) is 6.54. The second-order valence-electron chi connectivity index (χ2n) is 9.22. The smallest absolute Gasteiger partial charge is 0.416 e. The van der Waals surface area contributed by atoms with Gasteiger partial charge in [-0.1, -0.05) is 35.9 Å². The molecule has 3 aromatic rings. The van der Waals surface area contributed by atoms with Crippen LogP contribution in [0.1, 0.15) is 37.0 Å². The third kappa shape index (κ3) is 6.42. The maximum atomic E-state index is 14.5. The molecule has 4 rings (SSSR count). The first-order chi connectivity index (χ1) is 18.8. The standard InChI is InChI=1S/C28H25ClF4N2O4S/c1-17(27-23(29)7-4-8-24(27)30)13-19-9-10-26-25(14-19)35(16-21(39-26)11-12-34-18(2)36)40(37,38)22-6-3-5-20(15-22)28(31,32)33/h3-10,13-15,21H,11-12,16H2,1-2H3,(H,34,36). The molecule has 0 saturated heterocycles. The van der Waals surface area contributed by atoms with Gasteiger partial charge in [0.15, 0.2) is 0 Å². The van der Waals surface area contributed by atoms with E-state index in [1.165, 1.54) is 31.2 Å². The van der Waals surface area contributed by atoms with E-state index in [2.05, 4.69) is 5.32 Å². The van der Waals surface area contributed by atoms with Gasteiger partial charge in [0, 0.05) is 25.5 Å². The highest BCUT2D eigenvalue weighted by atomic mass is 35.5. The summed E-state index contributed by atoms with van der Waals surface area (Å²) in [5.74, 6) is -0.613. The fourth-order valence-corrected chi connectivity index (χ4v) is 6.22. The summed E-state index contributed by atoms with van der Waals surface area (Å²) in [5, 5.41) is 2.82. The Morgan fingerprint density at radius 3 is 2.52 bits per heavy atom. The van der Waals surface area contributed by atoms with Crippen LogP contribution in [0, 0.1) is 5.82 Å². The Labute approximate surface area is 234 Å². The molecule has 12 heteroatoms. The highest BCUT2D eigenvalue weighted by molar-refractivity contribution is 7.92. The lowest BCUT2D eigenvalue weighted by Gasteiger charge is -2.36. The van der Waals surface area contributed by atoms with Crippen LogP contribution in [0.5, 0.6) is 5.75 Å². The van der Waals surface area contributed by atoms with E-state index in [1.54, 1.807) is 25.1 Å². The lowest BCUT2D eigenvalue weighted by atomic mass is 10.0. The molecule has 1 amide bonds. The molecular weight excluding hydrogens is 572 g/mol. The number of hydrogen-bond acceptors (Lipinski definition) is 4. The third-order valence-electron chi connectivity index (χ3n) is 6.24. The summed E-state index contributed by atoms with van der Waals surface area (Å²) in [4.78, 5) is 10.8. The van der Waals surface area contributed by atoms with Gasteiger partial charge in [0.2, 0.25) is 5.91 Å². The summed E-state index contributed by atoms with van der Waals surface area (Å²) < 4.78 is 89.1. The molecule has 0 radical (unpaired) electrons. The summed E-state index contributed by atoms with van der Waals surface area (Å²) in [5.41, 5.74) is 0.151. The molecule has 0 fully saturated rings. The Bertz CT molecular complexity index is 1550. The molecule has 0 bridgehead atoms. The zero-order valence-corrected chi connectivity index (χ0v) is 23.0. The van der Waals surface area contributed by atoms with Gasteiger partial charge in [0.1, 0.15) is 17.7 Å². The highest BCUT2D eigenvalue weighted by Gasteiger charge is 2.37. The fraction of sp³-hybridized carbons (Fsp3) is 0.250. The number of ether oxygens (including phenoxy) is 1. The monoisotopic (exact) mass is 596 g/mol. The normalized spacial score (nSPS) is 15.8. The molecule has 0 aliphatic carbocycles. The molecule has 1 atom stereocenters. The predicted molar refractivity (Wildman–Crippen MR) is 145 cm³/mol. The Hall–Kier alpha value is -3.57. The summed E-state index contributed by atoms with van der Waals surface area (Å²) in [6, 6.07) is 12.5. The average molecular weight is 597 g/mol. The molecule has 212 valence electrons. The molecule has 40 heavy (non-hydrogen) atoms. The number of nitrogens with one attached hydrogen (secondary N) is 1. The number of carbonyl (C=O) groups is 1. The Kier molecular flexibility index (Phi) is 8.46. The lowest BCUT2D eigenvalue weighted by Crippen LogP contribution is -2.44. The zero-order valence-electron chi connectivity index (χ0n) is 21.4. The third-order valence-corrected chi connectivity index (χ3v) is 8.34. The first kappa shape index (κ1) is 29.4. The van der Waals surface area contributed by atoms with Crippen molar-refractivity contribution in [2.24, 2.45) is 0 Å². The van der Waals surface area contributed by atoms with Crippen molar-refractivity contribution >= 4 is 44.9 Å². The number of amides is 1. The fourth-order valence-electron chi connectivity index (χ4n) is 4.36. The van der Waals surface area contributed by atoms with E-state index in [4.69, 9.17) is 16.3 Å². The van der Waals surface area contributed by atoms with Crippen LogP contribution in [-0.2, 0) is 21.0 Å². The molecule has 1 aliphatic heterocycles. The van der Waals surface area contributed by atoms with Crippen LogP contribution >= 0.6 is 11.6 Å². The zero-order chi connectivity index (χ0) is 29.2. The number of allylic oxidation sites excluding steroid dienone is 1. The molecular formula is C28H25ClF4N2O4S. The number of rotatable bonds is 7. The van der Waals surface area contributed by atoms with Gasteiger partial charge in [-0.15, -0.1) is 0 Å². The first-order valence-corrected chi connectivity index (χ1v) is 14.0. The highest BCUT2D eigenvalue weighted by Crippen LogP contribution is 2.40. The Balaban J connectivity index is 1.78. The van der Waals surface area contributed by atoms with Crippen molar-refractivity contribution < 1.29 is 35.5 Å². The Morgan fingerprint density at radius 2 is 1.85 bits per heavy atom. The molecule has 0 spiro atoms. The minimum atomic E-state index is -4.74. The van der Waals surface area contributed by atoms with Gasteiger partial charge in [0.05, 0.1) is 27.7 Å². The Morgan fingerprint density at radius 1 is 1.12 bits per heavy atom. The van der Waals surface area contributed by atoms with E-state index < -0.39 is 38.6 Å². The van der Waals surface area contributed by atoms with Crippen LogP contribution in [0.2, 0.25) is 5.02 Å². The van der Waals surface area contributed by atoms with E-state index in [-0.39, 0.29) is 47.4 Å². The number of nitrogens with zero attached hydrogens (tertiary/aromatic N) is 1. The molecule has 1 aliphatic rings. The quantitative estimate of drug-likeness (QED) is 0.248. The van der Waals surface area contributed by atoms with Crippen molar-refractivity contribution in [1.82, 2.24) is 5.32 Å². The van der Waals surface area contributed by atoms with E-state index >= 15 is 0 Å². The number of anilines is 1. The van der Waals surface area contributed by atoms with Crippen molar-refractivity contribution in [3.05, 3.63) is 88.2 Å². The van der Waals surface area contributed by atoms with Gasteiger partial charge in [-0.05, 0) is 60.5 Å². The molecule has 3 aromatic carbocycles. The van der Waals surface area contributed by atoms with Crippen LogP contribution in [0.3, 0.4) is 0 Å². The van der Waals surface area contributed by atoms with Crippen LogP contribution in [0.15, 0.2) is 65.6 Å². The SMILES string of the molecule is CC(=O)NCCC1CN(S(=O)(=O)c2cccc(C(F)(F)F)c2)c2cc(C=C(C)c3c(F)cccc3Cl)ccc2O1. The van der Waals surface area contributed by atoms with Gasteiger partial charge < -0.3 is 10.1 Å². The topological polar surface area (TPSA) is 75.7 Å². The number of sulfonamides is 1. The molecule has 6 nitrogen and oxygen atoms in total. The second-order valence-corrected chi connectivity index (χ2v) is 11.5. The largest absolute Gasteiger partial charge is 0.486 e. The van der Waals surface area contributed by atoms with Gasteiger partial charge in [0.25, 0.3) is 10.0 Å². The van der Waals surface area contributed by atoms with E-state index in [0.717, 1.165) is 22.5 Å². The number of carbonyl (C=O) groups excluding carboxylic acids is 1. The van der Waals surface area contributed by atoms with Crippen molar-refractivity contribution in [3.8, 4) is 5.75 Å². The first-order valence-electron chi connectivity index (χ1n) is 12.1. The van der Waals surface area contributed by atoms with Crippen LogP contribution in [0.4, 0.5) is 23.2 Å². The number of hydrogen-bond donors (Lipinski definition) is 1. The summed E-state index contributed by atoms with van der Waals surface area (Å²) >= 11 is 6.18. The van der Waals surface area contributed by atoms with Gasteiger partial charge in [-0.2, -0.15) is 13.2 Å². The van der Waals surface area contributed by atoms with Gasteiger partial charge in [-0.25, -0.2) is 12.8 Å². The maximum Gasteiger partial charge on any atom is 0.416 e. The van der Waals surface area contributed by atoms with E-state index in [9.17, 15) is 30.8 Å². The maximum absolute atomic E-state index is 14.5. The number of benzene rings is 3. The van der Waals surface area contributed by atoms with Crippen molar-refractivity contribution in [3.63, 3.8) is 0 Å². The summed E-state index contributed by atoms with van der Waals surface area (Å²) in [6.07, 6.45) is -3.57. The molecule has 1 N–H and O–H groups in total. The number of alkyl halides is 3.